The quantitative estimate of drug-likeness (QED) is 0.538. The fourth-order valence-electron chi connectivity index (χ4n) is 1.23. The van der Waals surface area contributed by atoms with E-state index < -0.39 is 9.84 Å². The van der Waals surface area contributed by atoms with Crippen molar-refractivity contribution in [1.82, 2.24) is 0 Å². The minimum atomic E-state index is -2.73. The lowest BCUT2D eigenvalue weighted by Crippen LogP contribution is -2.07. The van der Waals surface area contributed by atoms with Crippen molar-refractivity contribution in [2.75, 3.05) is 16.8 Å². The van der Waals surface area contributed by atoms with Gasteiger partial charge in [0.1, 0.15) is 0 Å². The van der Waals surface area contributed by atoms with Crippen LogP contribution in [0, 0.1) is 5.92 Å². The monoisotopic (exact) mass is 238 g/mol. The summed E-state index contributed by atoms with van der Waals surface area (Å²) in [4.78, 5) is 0. The molecule has 1 rings (SSSR count). The zero-order valence-electron chi connectivity index (χ0n) is 6.22. The predicted molar refractivity (Wildman–Crippen MR) is 49.7 cm³/mol. The van der Waals surface area contributed by atoms with Gasteiger partial charge in [-0.05, 0) is 12.3 Å². The Morgan fingerprint density at radius 3 is 2.64 bits per heavy atom. The van der Waals surface area contributed by atoms with E-state index in [1.165, 1.54) is 0 Å². The van der Waals surface area contributed by atoms with Gasteiger partial charge in [-0.1, -0.05) is 28.1 Å². The Morgan fingerprint density at radius 2 is 2.27 bits per heavy atom. The maximum atomic E-state index is 11.0. The smallest absolute Gasteiger partial charge is 0.150 e. The highest BCUT2D eigenvalue weighted by molar-refractivity contribution is 9.09. The Balaban J connectivity index is 2.62. The molecular weight excluding hydrogens is 228 g/mol. The van der Waals surface area contributed by atoms with Gasteiger partial charge in [-0.2, -0.15) is 0 Å². The van der Waals surface area contributed by atoms with Gasteiger partial charge in [0.05, 0.1) is 11.5 Å². The number of allylic oxidation sites excluding steroid dienone is 1. The Morgan fingerprint density at radius 1 is 1.64 bits per heavy atom. The van der Waals surface area contributed by atoms with Crippen LogP contribution in [-0.2, 0) is 9.84 Å². The fraction of sp³-hybridized carbons (Fsp3) is 0.714. The molecule has 1 unspecified atom stereocenters. The first-order valence-electron chi connectivity index (χ1n) is 3.49. The lowest BCUT2D eigenvalue weighted by Gasteiger charge is -2.06. The molecule has 0 aliphatic carbocycles. The molecule has 0 aromatic rings. The standard InChI is InChI=1S/C7H11BrO2S/c1-6(4-8)7-2-3-11(9,10)5-7/h7H,1-5H2. The summed E-state index contributed by atoms with van der Waals surface area (Å²) in [5, 5.41) is 0.715. The van der Waals surface area contributed by atoms with Crippen LogP contribution in [0.4, 0.5) is 0 Å². The molecule has 0 saturated carbocycles. The summed E-state index contributed by atoms with van der Waals surface area (Å²) in [5.74, 6) is 0.834. The summed E-state index contributed by atoms with van der Waals surface area (Å²) in [6.07, 6.45) is 0.757. The van der Waals surface area contributed by atoms with E-state index >= 15 is 0 Å². The highest BCUT2D eigenvalue weighted by Gasteiger charge is 2.28. The van der Waals surface area contributed by atoms with Crippen molar-refractivity contribution in [3.05, 3.63) is 12.2 Å². The fourth-order valence-corrected chi connectivity index (χ4v) is 3.51. The van der Waals surface area contributed by atoms with E-state index in [2.05, 4.69) is 22.5 Å². The summed E-state index contributed by atoms with van der Waals surface area (Å²) < 4.78 is 22.0. The number of hydrogen-bond acceptors (Lipinski definition) is 2. The van der Waals surface area contributed by atoms with Gasteiger partial charge in [0.25, 0.3) is 0 Å². The maximum Gasteiger partial charge on any atom is 0.150 e. The van der Waals surface area contributed by atoms with Crippen LogP contribution < -0.4 is 0 Å². The summed E-state index contributed by atoms with van der Waals surface area (Å²) in [6, 6.07) is 0. The lowest BCUT2D eigenvalue weighted by atomic mass is 10.0. The second-order valence-electron chi connectivity index (χ2n) is 2.89. The summed E-state index contributed by atoms with van der Waals surface area (Å²) >= 11 is 3.27. The molecule has 1 fully saturated rings. The molecule has 0 radical (unpaired) electrons. The Bertz CT molecular complexity index is 256. The molecule has 0 aromatic carbocycles. The third kappa shape index (κ3) is 2.30. The Hall–Kier alpha value is 0.170. The normalized spacial score (nSPS) is 28.6. The van der Waals surface area contributed by atoms with Crippen LogP contribution in [0.2, 0.25) is 0 Å². The van der Waals surface area contributed by atoms with Crippen LogP contribution in [0.3, 0.4) is 0 Å². The molecule has 4 heteroatoms. The second-order valence-corrected chi connectivity index (χ2v) is 5.68. The van der Waals surface area contributed by atoms with Gasteiger partial charge in [-0.25, -0.2) is 8.42 Å². The van der Waals surface area contributed by atoms with E-state index in [1.54, 1.807) is 0 Å². The zero-order valence-corrected chi connectivity index (χ0v) is 8.62. The Kier molecular flexibility index (Phi) is 2.75. The maximum absolute atomic E-state index is 11.0. The van der Waals surface area contributed by atoms with Gasteiger partial charge >= 0.3 is 0 Å². The van der Waals surface area contributed by atoms with Crippen molar-refractivity contribution in [3.8, 4) is 0 Å². The van der Waals surface area contributed by atoms with Crippen molar-refractivity contribution >= 4 is 25.8 Å². The van der Waals surface area contributed by atoms with Crippen molar-refractivity contribution in [1.29, 1.82) is 0 Å². The molecule has 0 aromatic heterocycles. The van der Waals surface area contributed by atoms with Crippen LogP contribution in [0.15, 0.2) is 12.2 Å². The summed E-state index contributed by atoms with van der Waals surface area (Å²) in [7, 11) is -2.73. The molecule has 1 saturated heterocycles. The molecule has 11 heavy (non-hydrogen) atoms. The summed E-state index contributed by atoms with van der Waals surface area (Å²) in [5.41, 5.74) is 1.01. The molecule has 0 spiro atoms. The molecule has 1 aliphatic heterocycles. The molecule has 0 bridgehead atoms. The number of rotatable bonds is 2. The van der Waals surface area contributed by atoms with Gasteiger partial charge in [-0.3, -0.25) is 0 Å². The largest absolute Gasteiger partial charge is 0.229 e. The van der Waals surface area contributed by atoms with E-state index in [-0.39, 0.29) is 5.92 Å². The van der Waals surface area contributed by atoms with Crippen molar-refractivity contribution in [3.63, 3.8) is 0 Å². The minimum absolute atomic E-state index is 0.194. The van der Waals surface area contributed by atoms with E-state index in [9.17, 15) is 8.42 Å². The first-order chi connectivity index (χ1) is 5.05. The highest BCUT2D eigenvalue weighted by atomic mass is 79.9. The number of sulfone groups is 1. The third-order valence-corrected chi connectivity index (χ3v) is 4.47. The van der Waals surface area contributed by atoms with Gasteiger partial charge in [0.2, 0.25) is 0 Å². The third-order valence-electron chi connectivity index (χ3n) is 1.98. The van der Waals surface area contributed by atoms with Crippen molar-refractivity contribution in [2.24, 2.45) is 5.92 Å². The average Bonchev–Trinajstić information content (AvgIpc) is 2.29. The molecule has 1 heterocycles. The van der Waals surface area contributed by atoms with Gasteiger partial charge in [-0.15, -0.1) is 0 Å². The SMILES string of the molecule is C=C(CBr)C1CCS(=O)(=O)C1. The second kappa shape index (κ2) is 3.27. The molecular formula is C7H11BrO2S. The zero-order chi connectivity index (χ0) is 8.48. The molecule has 2 nitrogen and oxygen atoms in total. The molecule has 0 N–H and O–H groups in total. The number of hydrogen-bond donors (Lipinski definition) is 0. The van der Waals surface area contributed by atoms with Crippen molar-refractivity contribution < 1.29 is 8.42 Å². The topological polar surface area (TPSA) is 34.1 Å². The predicted octanol–water partition coefficient (Wildman–Crippen LogP) is 1.37. The first-order valence-corrected chi connectivity index (χ1v) is 6.43. The molecule has 1 aliphatic rings. The van der Waals surface area contributed by atoms with Crippen LogP contribution in [0.1, 0.15) is 6.42 Å². The average molecular weight is 239 g/mol. The highest BCUT2D eigenvalue weighted by Crippen LogP contribution is 2.25. The Labute approximate surface area is 75.7 Å². The van der Waals surface area contributed by atoms with E-state index in [0.29, 0.717) is 16.8 Å². The lowest BCUT2D eigenvalue weighted by molar-refractivity contribution is 0.600. The number of alkyl halides is 1. The minimum Gasteiger partial charge on any atom is -0.229 e. The molecule has 0 amide bonds. The van der Waals surface area contributed by atoms with E-state index in [1.807, 2.05) is 0 Å². The van der Waals surface area contributed by atoms with Crippen molar-refractivity contribution in [2.45, 2.75) is 6.42 Å². The molecule has 1 atom stereocenters. The van der Waals surface area contributed by atoms with E-state index in [4.69, 9.17) is 0 Å². The molecule has 64 valence electrons. The number of halogens is 1. The van der Waals surface area contributed by atoms with Gasteiger partial charge in [0.15, 0.2) is 9.84 Å². The van der Waals surface area contributed by atoms with Gasteiger partial charge < -0.3 is 0 Å². The van der Waals surface area contributed by atoms with Crippen LogP contribution in [0.25, 0.3) is 0 Å². The van der Waals surface area contributed by atoms with Crippen LogP contribution in [0.5, 0.6) is 0 Å². The van der Waals surface area contributed by atoms with Crippen LogP contribution >= 0.6 is 15.9 Å². The first kappa shape index (κ1) is 9.26. The van der Waals surface area contributed by atoms with E-state index in [0.717, 1.165) is 12.0 Å². The van der Waals surface area contributed by atoms with Crippen LogP contribution in [-0.4, -0.2) is 25.3 Å². The summed E-state index contributed by atoms with van der Waals surface area (Å²) in [6.45, 7) is 3.81. The van der Waals surface area contributed by atoms with Gasteiger partial charge in [0, 0.05) is 5.33 Å².